The third kappa shape index (κ3) is 4.71. The first-order valence-corrected chi connectivity index (χ1v) is 11.9. The summed E-state index contributed by atoms with van der Waals surface area (Å²) in [6.45, 7) is 4.55. The van der Waals surface area contributed by atoms with Crippen molar-refractivity contribution in [2.45, 2.75) is 23.6 Å². The zero-order chi connectivity index (χ0) is 21.0. The van der Waals surface area contributed by atoms with Gasteiger partial charge in [-0.15, -0.1) is 11.8 Å². The average molecular weight is 433 g/mol. The number of ketones is 1. The number of carbonyl (C=O) groups excluding carboxylic acids is 2. The number of sulfonamides is 1. The number of nitrogens with zero attached hydrogens (tertiary/aromatic N) is 2. The topological polar surface area (TPSA) is 74.8 Å². The molecule has 3 rings (SSSR count). The minimum absolute atomic E-state index is 0.0721. The maximum atomic E-state index is 13.0. The summed E-state index contributed by atoms with van der Waals surface area (Å²) in [4.78, 5) is 27.3. The van der Waals surface area contributed by atoms with Crippen molar-refractivity contribution >= 4 is 33.5 Å². The Labute approximate surface area is 175 Å². The van der Waals surface area contributed by atoms with Crippen molar-refractivity contribution in [3.8, 4) is 0 Å². The molecule has 8 heteroatoms. The predicted molar refractivity (Wildman–Crippen MR) is 114 cm³/mol. The molecule has 0 spiro atoms. The fourth-order valence-electron chi connectivity index (χ4n) is 3.25. The lowest BCUT2D eigenvalue weighted by molar-refractivity contribution is 0.0694. The standard InChI is InChI=1S/C21H24N2O4S2/c1-3-28-20-10-5-4-9-19(20)21(25)22-11-13-23(14-12-22)29(26,27)18-8-6-7-17(15-18)16(2)24/h4-10,15H,3,11-14H2,1-2H3. The SMILES string of the molecule is CCSc1ccccc1C(=O)N1CCN(S(=O)(=O)c2cccc(C(C)=O)c2)CC1. The highest BCUT2D eigenvalue weighted by Gasteiger charge is 2.31. The molecule has 0 aromatic heterocycles. The molecule has 0 saturated carbocycles. The van der Waals surface area contributed by atoms with Gasteiger partial charge in [0.25, 0.3) is 5.91 Å². The number of carbonyl (C=O) groups is 2. The van der Waals surface area contributed by atoms with Crippen molar-refractivity contribution in [1.82, 2.24) is 9.21 Å². The van der Waals surface area contributed by atoms with Gasteiger partial charge in [-0.2, -0.15) is 4.31 Å². The number of amides is 1. The lowest BCUT2D eigenvalue weighted by Gasteiger charge is -2.34. The second-order valence-electron chi connectivity index (χ2n) is 6.71. The van der Waals surface area contributed by atoms with Crippen molar-refractivity contribution < 1.29 is 18.0 Å². The van der Waals surface area contributed by atoms with Gasteiger partial charge in [0.15, 0.2) is 5.78 Å². The van der Waals surface area contributed by atoms with Crippen LogP contribution in [0.15, 0.2) is 58.3 Å². The summed E-state index contributed by atoms with van der Waals surface area (Å²) in [5.74, 6) is 0.619. The van der Waals surface area contributed by atoms with Crippen LogP contribution in [0.4, 0.5) is 0 Å². The van der Waals surface area contributed by atoms with Crippen LogP contribution in [0.2, 0.25) is 0 Å². The molecule has 1 saturated heterocycles. The van der Waals surface area contributed by atoms with E-state index in [9.17, 15) is 18.0 Å². The van der Waals surface area contributed by atoms with Crippen LogP contribution in [-0.4, -0.2) is 61.2 Å². The number of Topliss-reactive ketones (excluding diaryl/α,β-unsaturated/α-hetero) is 1. The molecule has 0 N–H and O–H groups in total. The van der Waals surface area contributed by atoms with Crippen LogP contribution in [0, 0.1) is 0 Å². The largest absolute Gasteiger partial charge is 0.336 e. The normalized spacial score (nSPS) is 15.3. The molecule has 0 bridgehead atoms. The van der Waals surface area contributed by atoms with Crippen LogP contribution in [0.3, 0.4) is 0 Å². The van der Waals surface area contributed by atoms with Gasteiger partial charge in [0, 0.05) is 36.6 Å². The second-order valence-corrected chi connectivity index (χ2v) is 9.95. The Bertz CT molecular complexity index is 1010. The maximum Gasteiger partial charge on any atom is 0.255 e. The van der Waals surface area contributed by atoms with Crippen molar-refractivity contribution in [3.05, 3.63) is 59.7 Å². The highest BCUT2D eigenvalue weighted by Crippen LogP contribution is 2.25. The quantitative estimate of drug-likeness (QED) is 0.518. The Kier molecular flexibility index (Phi) is 6.77. The Hall–Kier alpha value is -2.16. The smallest absolute Gasteiger partial charge is 0.255 e. The first-order valence-electron chi connectivity index (χ1n) is 9.47. The van der Waals surface area contributed by atoms with E-state index in [1.807, 2.05) is 31.2 Å². The Morgan fingerprint density at radius 1 is 1.00 bits per heavy atom. The van der Waals surface area contributed by atoms with E-state index in [0.717, 1.165) is 10.6 Å². The third-order valence-electron chi connectivity index (χ3n) is 4.82. The van der Waals surface area contributed by atoms with E-state index in [0.29, 0.717) is 24.2 Å². The third-order valence-corrected chi connectivity index (χ3v) is 7.67. The monoisotopic (exact) mass is 432 g/mol. The van der Waals surface area contributed by atoms with Gasteiger partial charge >= 0.3 is 0 Å². The molecule has 6 nitrogen and oxygen atoms in total. The van der Waals surface area contributed by atoms with Gasteiger partial charge in [-0.3, -0.25) is 9.59 Å². The minimum atomic E-state index is -3.71. The number of hydrogen-bond donors (Lipinski definition) is 0. The highest BCUT2D eigenvalue weighted by molar-refractivity contribution is 7.99. The summed E-state index contributed by atoms with van der Waals surface area (Å²) in [7, 11) is -3.71. The Morgan fingerprint density at radius 3 is 2.34 bits per heavy atom. The summed E-state index contributed by atoms with van der Waals surface area (Å²) >= 11 is 1.62. The Morgan fingerprint density at radius 2 is 1.69 bits per heavy atom. The fourth-order valence-corrected chi connectivity index (χ4v) is 5.52. The summed E-state index contributed by atoms with van der Waals surface area (Å²) in [6.07, 6.45) is 0. The lowest BCUT2D eigenvalue weighted by Crippen LogP contribution is -2.50. The van der Waals surface area contributed by atoms with E-state index >= 15 is 0 Å². The molecule has 1 amide bonds. The first-order chi connectivity index (χ1) is 13.8. The summed E-state index contributed by atoms with van der Waals surface area (Å²) in [5.41, 5.74) is 1.02. The van der Waals surface area contributed by atoms with E-state index in [1.165, 1.54) is 23.4 Å². The predicted octanol–water partition coefficient (Wildman–Crippen LogP) is 3.15. The molecule has 29 heavy (non-hydrogen) atoms. The van der Waals surface area contributed by atoms with Crippen LogP contribution in [0.5, 0.6) is 0 Å². The van der Waals surface area contributed by atoms with Crippen molar-refractivity contribution in [2.24, 2.45) is 0 Å². The van der Waals surface area contributed by atoms with E-state index in [2.05, 4.69) is 0 Å². The average Bonchev–Trinajstić information content (AvgIpc) is 2.74. The van der Waals surface area contributed by atoms with Crippen LogP contribution >= 0.6 is 11.8 Å². The van der Waals surface area contributed by atoms with E-state index < -0.39 is 10.0 Å². The van der Waals surface area contributed by atoms with E-state index in [1.54, 1.807) is 28.8 Å². The molecule has 0 radical (unpaired) electrons. The second kappa shape index (κ2) is 9.11. The van der Waals surface area contributed by atoms with Gasteiger partial charge in [-0.25, -0.2) is 8.42 Å². The molecule has 0 atom stereocenters. The van der Waals surface area contributed by atoms with Gasteiger partial charge in [0.2, 0.25) is 10.0 Å². The van der Waals surface area contributed by atoms with Crippen molar-refractivity contribution in [1.29, 1.82) is 0 Å². The summed E-state index contributed by atoms with van der Waals surface area (Å²) in [5, 5.41) is 0. The first kappa shape index (κ1) is 21.5. The maximum absolute atomic E-state index is 13.0. The number of thioether (sulfide) groups is 1. The number of rotatable bonds is 6. The van der Waals surface area contributed by atoms with Gasteiger partial charge in [-0.05, 0) is 36.9 Å². The molecular weight excluding hydrogens is 408 g/mol. The number of piperazine rings is 1. The molecule has 1 fully saturated rings. The number of hydrogen-bond acceptors (Lipinski definition) is 5. The molecule has 154 valence electrons. The molecule has 2 aromatic carbocycles. The van der Waals surface area contributed by atoms with Crippen molar-refractivity contribution in [2.75, 3.05) is 31.9 Å². The van der Waals surface area contributed by atoms with Gasteiger partial charge < -0.3 is 4.90 Å². The molecule has 0 aliphatic carbocycles. The zero-order valence-corrected chi connectivity index (χ0v) is 18.1. The lowest BCUT2D eigenvalue weighted by atomic mass is 10.2. The van der Waals surface area contributed by atoms with Gasteiger partial charge in [-0.1, -0.05) is 31.2 Å². The van der Waals surface area contributed by atoms with Gasteiger partial charge in [0.05, 0.1) is 10.5 Å². The molecular formula is C21H24N2O4S2. The fraction of sp³-hybridized carbons (Fsp3) is 0.333. The molecule has 1 heterocycles. The summed E-state index contributed by atoms with van der Waals surface area (Å²) < 4.78 is 27.3. The molecule has 2 aromatic rings. The van der Waals surface area contributed by atoms with Crippen LogP contribution < -0.4 is 0 Å². The molecule has 1 aliphatic heterocycles. The van der Waals surface area contributed by atoms with Gasteiger partial charge in [0.1, 0.15) is 0 Å². The summed E-state index contributed by atoms with van der Waals surface area (Å²) in [6, 6.07) is 13.6. The highest BCUT2D eigenvalue weighted by atomic mass is 32.2. The van der Waals surface area contributed by atoms with Crippen LogP contribution in [0.25, 0.3) is 0 Å². The molecule has 1 aliphatic rings. The number of benzene rings is 2. The molecule has 0 unspecified atom stereocenters. The van der Waals surface area contributed by atoms with E-state index in [4.69, 9.17) is 0 Å². The Balaban J connectivity index is 1.73. The van der Waals surface area contributed by atoms with Crippen LogP contribution in [-0.2, 0) is 10.0 Å². The minimum Gasteiger partial charge on any atom is -0.336 e. The van der Waals surface area contributed by atoms with Crippen molar-refractivity contribution in [3.63, 3.8) is 0 Å². The van der Waals surface area contributed by atoms with Crippen LogP contribution in [0.1, 0.15) is 34.6 Å². The van der Waals surface area contributed by atoms with E-state index in [-0.39, 0.29) is 29.7 Å². The zero-order valence-electron chi connectivity index (χ0n) is 16.5.